The molecule has 2 aromatic rings. The summed E-state index contributed by atoms with van der Waals surface area (Å²) in [6.45, 7) is 2.42. The first-order valence-electron chi connectivity index (χ1n) is 4.90. The third-order valence-corrected chi connectivity index (χ3v) is 3.49. The highest BCUT2D eigenvalue weighted by Crippen LogP contribution is 2.28. The van der Waals surface area contributed by atoms with Gasteiger partial charge in [0.25, 0.3) is 0 Å². The lowest BCUT2D eigenvalue weighted by Crippen LogP contribution is -1.88. The Morgan fingerprint density at radius 1 is 1.36 bits per heavy atom. The van der Waals surface area contributed by atoms with Crippen molar-refractivity contribution in [3.8, 4) is 0 Å². The van der Waals surface area contributed by atoms with Crippen LogP contribution in [0.15, 0.2) is 24.3 Å². The summed E-state index contributed by atoms with van der Waals surface area (Å²) < 4.78 is 1.39. The van der Waals surface area contributed by atoms with E-state index in [1.807, 2.05) is 11.3 Å². The van der Waals surface area contributed by atoms with Crippen LogP contribution in [-0.2, 0) is 6.42 Å². The van der Waals surface area contributed by atoms with E-state index < -0.39 is 0 Å². The SMILES string of the molecule is Cc1cc2cccc(CCCO)c2s1. The molecule has 0 amide bonds. The Balaban J connectivity index is 2.42. The number of rotatable bonds is 3. The third-order valence-electron chi connectivity index (χ3n) is 2.35. The van der Waals surface area contributed by atoms with Crippen LogP contribution in [0.25, 0.3) is 10.1 Å². The fraction of sp³-hybridized carbons (Fsp3) is 0.333. The Bertz CT molecular complexity index is 431. The van der Waals surface area contributed by atoms with Gasteiger partial charge in [0.1, 0.15) is 0 Å². The molecule has 14 heavy (non-hydrogen) atoms. The van der Waals surface area contributed by atoms with E-state index in [2.05, 4.69) is 31.2 Å². The van der Waals surface area contributed by atoms with E-state index in [-0.39, 0.29) is 6.61 Å². The Morgan fingerprint density at radius 3 is 3.00 bits per heavy atom. The second-order valence-corrected chi connectivity index (χ2v) is 4.78. The van der Waals surface area contributed by atoms with Gasteiger partial charge in [0.2, 0.25) is 0 Å². The van der Waals surface area contributed by atoms with E-state index in [4.69, 9.17) is 5.11 Å². The number of aryl methyl sites for hydroxylation is 2. The zero-order valence-corrected chi connectivity index (χ0v) is 9.10. The molecule has 1 aromatic carbocycles. The molecule has 0 aliphatic carbocycles. The zero-order chi connectivity index (χ0) is 9.97. The number of aliphatic hydroxyl groups excluding tert-OH is 1. The zero-order valence-electron chi connectivity index (χ0n) is 8.29. The Morgan fingerprint density at radius 2 is 2.21 bits per heavy atom. The van der Waals surface area contributed by atoms with Crippen LogP contribution in [0, 0.1) is 6.92 Å². The smallest absolute Gasteiger partial charge is 0.0434 e. The maximum absolute atomic E-state index is 8.81. The van der Waals surface area contributed by atoms with Crippen LogP contribution >= 0.6 is 11.3 Å². The Hall–Kier alpha value is -0.860. The van der Waals surface area contributed by atoms with Crippen LogP contribution < -0.4 is 0 Å². The van der Waals surface area contributed by atoms with E-state index in [9.17, 15) is 0 Å². The molecule has 0 aliphatic rings. The summed E-state index contributed by atoms with van der Waals surface area (Å²) in [6, 6.07) is 8.64. The molecule has 0 unspecified atom stereocenters. The third kappa shape index (κ3) is 1.81. The second kappa shape index (κ2) is 4.11. The Labute approximate surface area is 88.0 Å². The molecule has 0 saturated carbocycles. The lowest BCUT2D eigenvalue weighted by Gasteiger charge is -2.00. The van der Waals surface area contributed by atoms with Crippen LogP contribution in [0.5, 0.6) is 0 Å². The Kier molecular flexibility index (Phi) is 2.85. The van der Waals surface area contributed by atoms with Crippen molar-refractivity contribution < 1.29 is 5.11 Å². The minimum Gasteiger partial charge on any atom is -0.396 e. The summed E-state index contributed by atoms with van der Waals surface area (Å²) in [4.78, 5) is 1.36. The van der Waals surface area contributed by atoms with E-state index in [0.29, 0.717) is 0 Å². The lowest BCUT2D eigenvalue weighted by molar-refractivity contribution is 0.289. The molecule has 2 heteroatoms. The van der Waals surface area contributed by atoms with Crippen molar-refractivity contribution in [3.63, 3.8) is 0 Å². The maximum Gasteiger partial charge on any atom is 0.0434 e. The van der Waals surface area contributed by atoms with Crippen molar-refractivity contribution in [1.29, 1.82) is 0 Å². The lowest BCUT2D eigenvalue weighted by atomic mass is 10.1. The van der Waals surface area contributed by atoms with Gasteiger partial charge in [-0.05, 0) is 36.8 Å². The first-order chi connectivity index (χ1) is 6.81. The van der Waals surface area contributed by atoms with Crippen LogP contribution in [0.4, 0.5) is 0 Å². The molecule has 0 fully saturated rings. The minimum absolute atomic E-state index is 0.279. The first-order valence-corrected chi connectivity index (χ1v) is 5.72. The van der Waals surface area contributed by atoms with Gasteiger partial charge in [-0.3, -0.25) is 0 Å². The number of hydrogen-bond donors (Lipinski definition) is 1. The van der Waals surface area contributed by atoms with E-state index in [1.165, 1.54) is 20.5 Å². The molecular formula is C12H14OS. The van der Waals surface area contributed by atoms with Crippen LogP contribution in [0.2, 0.25) is 0 Å². The van der Waals surface area contributed by atoms with Gasteiger partial charge < -0.3 is 5.11 Å². The van der Waals surface area contributed by atoms with Crippen molar-refractivity contribution in [2.45, 2.75) is 19.8 Å². The molecule has 0 aliphatic heterocycles. The van der Waals surface area contributed by atoms with Crippen molar-refractivity contribution in [2.75, 3.05) is 6.61 Å². The van der Waals surface area contributed by atoms with Gasteiger partial charge in [-0.1, -0.05) is 18.2 Å². The van der Waals surface area contributed by atoms with Crippen LogP contribution in [0.3, 0.4) is 0 Å². The quantitative estimate of drug-likeness (QED) is 0.818. The van der Waals surface area contributed by atoms with Gasteiger partial charge in [0, 0.05) is 16.2 Å². The number of thiophene rings is 1. The molecule has 74 valence electrons. The molecule has 0 bridgehead atoms. The highest BCUT2D eigenvalue weighted by Gasteiger charge is 2.03. The predicted octanol–water partition coefficient (Wildman–Crippen LogP) is 3.13. The van der Waals surface area contributed by atoms with E-state index in [0.717, 1.165) is 12.8 Å². The molecule has 1 aromatic heterocycles. The van der Waals surface area contributed by atoms with Crippen molar-refractivity contribution >= 4 is 21.4 Å². The molecule has 1 heterocycles. The van der Waals surface area contributed by atoms with Crippen molar-refractivity contribution in [3.05, 3.63) is 34.7 Å². The number of benzene rings is 1. The van der Waals surface area contributed by atoms with Gasteiger partial charge in [-0.2, -0.15) is 0 Å². The van der Waals surface area contributed by atoms with Gasteiger partial charge >= 0.3 is 0 Å². The molecule has 0 saturated heterocycles. The van der Waals surface area contributed by atoms with Gasteiger partial charge in [-0.15, -0.1) is 11.3 Å². The van der Waals surface area contributed by atoms with E-state index in [1.54, 1.807) is 0 Å². The molecule has 0 atom stereocenters. The topological polar surface area (TPSA) is 20.2 Å². The molecule has 0 radical (unpaired) electrons. The largest absolute Gasteiger partial charge is 0.396 e. The molecule has 1 nitrogen and oxygen atoms in total. The summed E-state index contributed by atoms with van der Waals surface area (Å²) in [7, 11) is 0. The van der Waals surface area contributed by atoms with Crippen LogP contribution in [-0.4, -0.2) is 11.7 Å². The highest BCUT2D eigenvalue weighted by atomic mass is 32.1. The summed E-state index contributed by atoms with van der Waals surface area (Å²) in [5.74, 6) is 0. The minimum atomic E-state index is 0.279. The fourth-order valence-electron chi connectivity index (χ4n) is 1.72. The number of fused-ring (bicyclic) bond motifs is 1. The van der Waals surface area contributed by atoms with Crippen LogP contribution in [0.1, 0.15) is 16.9 Å². The summed E-state index contributed by atoms with van der Waals surface area (Å²) in [5, 5.41) is 10.1. The van der Waals surface area contributed by atoms with Gasteiger partial charge in [-0.25, -0.2) is 0 Å². The van der Waals surface area contributed by atoms with Crippen molar-refractivity contribution in [2.24, 2.45) is 0 Å². The molecule has 0 spiro atoms. The normalized spacial score (nSPS) is 11.0. The molecule has 1 N–H and O–H groups in total. The second-order valence-electron chi connectivity index (χ2n) is 3.52. The molecular weight excluding hydrogens is 192 g/mol. The summed E-state index contributed by atoms with van der Waals surface area (Å²) in [5.41, 5.74) is 1.37. The molecule has 2 rings (SSSR count). The average Bonchev–Trinajstić information content (AvgIpc) is 2.55. The van der Waals surface area contributed by atoms with Gasteiger partial charge in [0.05, 0.1) is 0 Å². The number of hydrogen-bond acceptors (Lipinski definition) is 2. The summed E-state index contributed by atoms with van der Waals surface area (Å²) >= 11 is 1.85. The van der Waals surface area contributed by atoms with Gasteiger partial charge in [0.15, 0.2) is 0 Å². The number of aliphatic hydroxyl groups is 1. The average molecular weight is 206 g/mol. The maximum atomic E-state index is 8.81. The monoisotopic (exact) mass is 206 g/mol. The van der Waals surface area contributed by atoms with E-state index >= 15 is 0 Å². The van der Waals surface area contributed by atoms with Crippen molar-refractivity contribution in [1.82, 2.24) is 0 Å². The summed E-state index contributed by atoms with van der Waals surface area (Å²) in [6.07, 6.45) is 1.84. The predicted molar refractivity (Wildman–Crippen MR) is 62.0 cm³/mol. The highest BCUT2D eigenvalue weighted by molar-refractivity contribution is 7.19. The standard InChI is InChI=1S/C12H14OS/c1-9-8-11-5-2-4-10(6-3-7-13)12(11)14-9/h2,4-5,8,13H,3,6-7H2,1H3. The first kappa shape index (κ1) is 9.69. The fourth-order valence-corrected chi connectivity index (χ4v) is 2.77.